The predicted molar refractivity (Wildman–Crippen MR) is 106 cm³/mol. The van der Waals surface area contributed by atoms with Crippen LogP contribution in [0.4, 0.5) is 11.4 Å². The van der Waals surface area contributed by atoms with Crippen molar-refractivity contribution in [1.82, 2.24) is 15.5 Å². The van der Waals surface area contributed by atoms with E-state index in [-0.39, 0.29) is 11.6 Å². The number of carbonyl (C=O) groups is 1. The number of rotatable bonds is 10. The molecular weight excluding hydrogens is 348 g/mol. The van der Waals surface area contributed by atoms with Crippen LogP contribution in [-0.4, -0.2) is 61.0 Å². The second-order valence-corrected chi connectivity index (χ2v) is 6.26. The van der Waals surface area contributed by atoms with Gasteiger partial charge in [0.1, 0.15) is 0 Å². The molecule has 9 nitrogen and oxygen atoms in total. The summed E-state index contributed by atoms with van der Waals surface area (Å²) < 4.78 is 0. The molecule has 0 saturated carbocycles. The number of guanidine groups is 1. The van der Waals surface area contributed by atoms with Gasteiger partial charge in [-0.2, -0.15) is 0 Å². The Kier molecular flexibility index (Phi) is 8.34. The van der Waals surface area contributed by atoms with Crippen LogP contribution in [0.3, 0.4) is 0 Å². The molecule has 27 heavy (non-hydrogen) atoms. The van der Waals surface area contributed by atoms with E-state index in [9.17, 15) is 14.9 Å². The maximum absolute atomic E-state index is 11.6. The molecule has 0 unspecified atom stereocenters. The lowest BCUT2D eigenvalue weighted by atomic mass is 10.3. The lowest BCUT2D eigenvalue weighted by molar-refractivity contribution is -0.384. The third kappa shape index (κ3) is 7.12. The number of nitrogens with one attached hydrogen (secondary N) is 3. The van der Waals surface area contributed by atoms with Gasteiger partial charge in [-0.15, -0.1) is 0 Å². The van der Waals surface area contributed by atoms with Gasteiger partial charge in [0.25, 0.3) is 5.69 Å². The molecule has 1 aromatic rings. The average molecular weight is 376 g/mol. The van der Waals surface area contributed by atoms with Gasteiger partial charge in [-0.05, 0) is 31.9 Å². The summed E-state index contributed by atoms with van der Waals surface area (Å²) in [5.41, 5.74) is 0.912. The van der Waals surface area contributed by atoms with E-state index in [0.717, 1.165) is 44.1 Å². The highest BCUT2D eigenvalue weighted by atomic mass is 16.6. The van der Waals surface area contributed by atoms with Crippen LogP contribution in [0.15, 0.2) is 29.3 Å². The van der Waals surface area contributed by atoms with Crippen molar-refractivity contribution in [3.63, 3.8) is 0 Å². The fourth-order valence-corrected chi connectivity index (χ4v) is 2.82. The smallest absolute Gasteiger partial charge is 0.269 e. The van der Waals surface area contributed by atoms with E-state index in [2.05, 4.69) is 20.9 Å². The fraction of sp³-hybridized carbons (Fsp3) is 0.556. The topological polar surface area (TPSA) is 112 Å². The molecule has 0 aliphatic carbocycles. The Morgan fingerprint density at radius 2 is 2.04 bits per heavy atom. The quantitative estimate of drug-likeness (QED) is 0.188. The van der Waals surface area contributed by atoms with Crippen LogP contribution in [0, 0.1) is 10.1 Å². The highest BCUT2D eigenvalue weighted by Crippen LogP contribution is 2.14. The molecule has 0 atom stereocenters. The summed E-state index contributed by atoms with van der Waals surface area (Å²) in [6.07, 6.45) is 2.49. The molecule has 1 aromatic carbocycles. The fourth-order valence-electron chi connectivity index (χ4n) is 2.82. The van der Waals surface area contributed by atoms with E-state index < -0.39 is 4.92 Å². The number of benzene rings is 1. The number of nitro groups is 1. The first-order chi connectivity index (χ1) is 13.1. The first-order valence-corrected chi connectivity index (χ1v) is 9.38. The monoisotopic (exact) mass is 376 g/mol. The number of hydrogen-bond acceptors (Lipinski definition) is 5. The SMILES string of the molecule is CCNC(=NCCCN1CCCC1=O)NCCNc1ccc([N+](=O)[O-])cc1. The zero-order valence-corrected chi connectivity index (χ0v) is 15.7. The standard InChI is InChI=1S/C18H28N6O3/c1-2-19-18(21-10-4-14-23-13-3-5-17(23)25)22-12-11-20-15-6-8-16(9-7-15)24(26)27/h6-9,20H,2-5,10-14H2,1H3,(H2,19,21,22). The van der Waals surface area contributed by atoms with E-state index in [1.54, 1.807) is 12.1 Å². The summed E-state index contributed by atoms with van der Waals surface area (Å²) >= 11 is 0. The third-order valence-corrected chi connectivity index (χ3v) is 4.20. The van der Waals surface area contributed by atoms with Crippen molar-refractivity contribution in [2.75, 3.05) is 44.6 Å². The molecule has 1 aliphatic heterocycles. The van der Waals surface area contributed by atoms with Crippen LogP contribution in [0.25, 0.3) is 0 Å². The number of carbonyl (C=O) groups excluding carboxylic acids is 1. The summed E-state index contributed by atoms with van der Waals surface area (Å²) in [4.78, 5) is 28.2. The number of amides is 1. The number of nitro benzene ring substituents is 1. The maximum atomic E-state index is 11.6. The maximum Gasteiger partial charge on any atom is 0.269 e. The Balaban J connectivity index is 1.67. The molecule has 0 spiro atoms. The van der Waals surface area contributed by atoms with Gasteiger partial charge in [-0.1, -0.05) is 0 Å². The molecule has 0 aromatic heterocycles. The molecule has 2 rings (SSSR count). The number of nitrogens with zero attached hydrogens (tertiary/aromatic N) is 3. The normalized spacial score (nSPS) is 14.3. The van der Waals surface area contributed by atoms with Crippen molar-refractivity contribution in [3.05, 3.63) is 34.4 Å². The molecule has 1 aliphatic rings. The van der Waals surface area contributed by atoms with E-state index in [1.165, 1.54) is 12.1 Å². The molecule has 1 heterocycles. The van der Waals surface area contributed by atoms with Gasteiger partial charge < -0.3 is 20.9 Å². The van der Waals surface area contributed by atoms with Gasteiger partial charge >= 0.3 is 0 Å². The highest BCUT2D eigenvalue weighted by molar-refractivity contribution is 5.79. The molecule has 9 heteroatoms. The Morgan fingerprint density at radius 3 is 2.67 bits per heavy atom. The predicted octanol–water partition coefficient (Wildman–Crippen LogP) is 1.57. The van der Waals surface area contributed by atoms with Crippen molar-refractivity contribution in [1.29, 1.82) is 0 Å². The lowest BCUT2D eigenvalue weighted by Crippen LogP contribution is -2.39. The Bertz CT molecular complexity index is 647. The Labute approximate surface area is 159 Å². The highest BCUT2D eigenvalue weighted by Gasteiger charge is 2.18. The van der Waals surface area contributed by atoms with E-state index in [0.29, 0.717) is 26.1 Å². The summed E-state index contributed by atoms with van der Waals surface area (Å²) in [6.45, 7) is 6.40. The number of hydrogen-bond donors (Lipinski definition) is 3. The van der Waals surface area contributed by atoms with Crippen molar-refractivity contribution in [2.24, 2.45) is 4.99 Å². The van der Waals surface area contributed by atoms with Crippen LogP contribution in [0.1, 0.15) is 26.2 Å². The number of likely N-dealkylation sites (tertiary alicyclic amines) is 1. The largest absolute Gasteiger partial charge is 0.383 e. The number of aliphatic imine (C=N–C) groups is 1. The van der Waals surface area contributed by atoms with E-state index >= 15 is 0 Å². The van der Waals surface area contributed by atoms with Gasteiger partial charge in [0.2, 0.25) is 5.91 Å². The van der Waals surface area contributed by atoms with Gasteiger partial charge in [0.05, 0.1) is 4.92 Å². The minimum absolute atomic E-state index is 0.0795. The Hall–Kier alpha value is -2.84. The second kappa shape index (κ2) is 11.0. The van der Waals surface area contributed by atoms with Crippen molar-refractivity contribution in [3.8, 4) is 0 Å². The van der Waals surface area contributed by atoms with E-state index in [4.69, 9.17) is 0 Å². The molecule has 148 valence electrons. The molecule has 1 amide bonds. The molecule has 0 radical (unpaired) electrons. The molecular formula is C18H28N6O3. The first kappa shape index (κ1) is 20.5. The first-order valence-electron chi connectivity index (χ1n) is 9.38. The van der Waals surface area contributed by atoms with Crippen LogP contribution in [0.2, 0.25) is 0 Å². The minimum Gasteiger partial charge on any atom is -0.383 e. The van der Waals surface area contributed by atoms with Gasteiger partial charge in [0, 0.05) is 63.5 Å². The summed E-state index contributed by atoms with van der Waals surface area (Å²) in [5, 5.41) is 20.3. The number of anilines is 1. The molecule has 0 bridgehead atoms. The second-order valence-electron chi connectivity index (χ2n) is 6.26. The molecule has 1 saturated heterocycles. The third-order valence-electron chi connectivity index (χ3n) is 4.20. The average Bonchev–Trinajstić information content (AvgIpc) is 3.07. The van der Waals surface area contributed by atoms with Crippen LogP contribution in [0.5, 0.6) is 0 Å². The summed E-state index contributed by atoms with van der Waals surface area (Å²) in [5.74, 6) is 0.997. The van der Waals surface area contributed by atoms with Crippen molar-refractivity contribution in [2.45, 2.75) is 26.2 Å². The molecule has 3 N–H and O–H groups in total. The van der Waals surface area contributed by atoms with Gasteiger partial charge in [-0.3, -0.25) is 19.9 Å². The summed E-state index contributed by atoms with van der Waals surface area (Å²) in [6, 6.07) is 6.34. The zero-order chi connectivity index (χ0) is 19.5. The Morgan fingerprint density at radius 1 is 1.26 bits per heavy atom. The van der Waals surface area contributed by atoms with Crippen LogP contribution in [-0.2, 0) is 4.79 Å². The van der Waals surface area contributed by atoms with Crippen LogP contribution < -0.4 is 16.0 Å². The van der Waals surface area contributed by atoms with Gasteiger partial charge in [0.15, 0.2) is 5.96 Å². The van der Waals surface area contributed by atoms with Crippen LogP contribution >= 0.6 is 0 Å². The zero-order valence-electron chi connectivity index (χ0n) is 15.7. The lowest BCUT2D eigenvalue weighted by Gasteiger charge is -2.15. The van der Waals surface area contributed by atoms with Gasteiger partial charge in [-0.25, -0.2) is 0 Å². The molecule has 1 fully saturated rings. The number of non-ortho nitro benzene ring substituents is 1. The van der Waals surface area contributed by atoms with Crippen molar-refractivity contribution >= 4 is 23.2 Å². The van der Waals surface area contributed by atoms with Crippen molar-refractivity contribution < 1.29 is 9.72 Å². The summed E-state index contributed by atoms with van der Waals surface area (Å²) in [7, 11) is 0. The minimum atomic E-state index is -0.413. The van der Waals surface area contributed by atoms with E-state index in [1.807, 2.05) is 11.8 Å².